The number of aliphatic hydroxyl groups is 1. The van der Waals surface area contributed by atoms with Gasteiger partial charge in [0.05, 0.1) is 0 Å². The van der Waals surface area contributed by atoms with E-state index in [2.05, 4.69) is 6.92 Å². The van der Waals surface area contributed by atoms with E-state index < -0.39 is 11.8 Å². The van der Waals surface area contributed by atoms with Gasteiger partial charge in [0.15, 0.2) is 0 Å². The van der Waals surface area contributed by atoms with Crippen molar-refractivity contribution >= 4 is 5.97 Å². The predicted octanol–water partition coefficient (Wildman–Crippen LogP) is 2.62. The summed E-state index contributed by atoms with van der Waals surface area (Å²) in [6.45, 7) is 5.29. The third-order valence-corrected chi connectivity index (χ3v) is 2.31. The van der Waals surface area contributed by atoms with Gasteiger partial charge in [0, 0.05) is 19.8 Å². The van der Waals surface area contributed by atoms with Crippen LogP contribution >= 0.6 is 0 Å². The van der Waals surface area contributed by atoms with Crippen LogP contribution in [-0.4, -0.2) is 16.9 Å². The van der Waals surface area contributed by atoms with Gasteiger partial charge in [0.25, 0.3) is 0 Å². The minimum atomic E-state index is -1.24. The summed E-state index contributed by atoms with van der Waals surface area (Å²) in [5.41, 5.74) is 0. The maximum atomic E-state index is 10.7. The van der Waals surface area contributed by atoms with Crippen LogP contribution in [0.25, 0.3) is 0 Å². The van der Waals surface area contributed by atoms with Gasteiger partial charge in [-0.25, -0.2) is 0 Å². The molecule has 0 heterocycles. The van der Waals surface area contributed by atoms with Gasteiger partial charge in [-0.2, -0.15) is 0 Å². The molecule has 0 aromatic heterocycles. The lowest BCUT2D eigenvalue weighted by Crippen LogP contribution is -2.33. The Morgan fingerprint density at radius 1 is 1.29 bits per heavy atom. The zero-order valence-corrected chi connectivity index (χ0v) is 9.51. The molecular formula is C11H22O3. The van der Waals surface area contributed by atoms with Gasteiger partial charge in [-0.1, -0.05) is 33.1 Å². The Morgan fingerprint density at radius 3 is 2.36 bits per heavy atom. The summed E-state index contributed by atoms with van der Waals surface area (Å²) in [6.07, 6.45) is 5.32. The first-order chi connectivity index (χ1) is 6.54. The molecule has 1 atom stereocenters. The molecule has 0 saturated heterocycles. The number of carbonyl (C=O) groups is 1. The fourth-order valence-corrected chi connectivity index (χ4v) is 1.40. The van der Waals surface area contributed by atoms with Crippen molar-refractivity contribution in [2.24, 2.45) is 0 Å². The lowest BCUT2D eigenvalue weighted by molar-refractivity contribution is -0.211. The highest BCUT2D eigenvalue weighted by molar-refractivity contribution is 5.66. The predicted molar refractivity (Wildman–Crippen MR) is 55.8 cm³/mol. The van der Waals surface area contributed by atoms with Crippen LogP contribution in [0.15, 0.2) is 0 Å². The molecule has 0 spiro atoms. The van der Waals surface area contributed by atoms with E-state index in [1.807, 2.05) is 6.92 Å². The molecule has 0 aromatic rings. The number of unbranched alkanes of at least 4 members (excludes halogenated alkanes) is 3. The number of ether oxygens (including phenoxy) is 1. The molecule has 84 valence electrons. The third-order valence-electron chi connectivity index (χ3n) is 2.31. The summed E-state index contributed by atoms with van der Waals surface area (Å²) in [5.74, 6) is -1.65. The van der Waals surface area contributed by atoms with Crippen molar-refractivity contribution in [3.05, 3.63) is 0 Å². The summed E-state index contributed by atoms with van der Waals surface area (Å²) in [4.78, 5) is 10.7. The van der Waals surface area contributed by atoms with Crippen molar-refractivity contribution in [3.8, 4) is 0 Å². The van der Waals surface area contributed by atoms with Crippen LogP contribution in [0.2, 0.25) is 0 Å². The molecule has 0 amide bonds. The quantitative estimate of drug-likeness (QED) is 0.392. The Balaban J connectivity index is 3.80. The first kappa shape index (κ1) is 13.4. The number of carbonyl (C=O) groups excluding carboxylic acids is 1. The normalized spacial score (nSPS) is 14.9. The Hall–Kier alpha value is -0.570. The molecule has 1 N–H and O–H groups in total. The largest absolute Gasteiger partial charge is 0.433 e. The zero-order chi connectivity index (χ0) is 11.0. The molecule has 3 nitrogen and oxygen atoms in total. The van der Waals surface area contributed by atoms with Crippen LogP contribution in [0.3, 0.4) is 0 Å². The van der Waals surface area contributed by atoms with E-state index in [4.69, 9.17) is 4.74 Å². The molecule has 0 rings (SSSR count). The minimum Gasteiger partial charge on any atom is -0.433 e. The van der Waals surface area contributed by atoms with Gasteiger partial charge in [0.1, 0.15) is 0 Å². The number of esters is 1. The fraction of sp³-hybridized carbons (Fsp3) is 0.909. The Labute approximate surface area is 86.5 Å². The van der Waals surface area contributed by atoms with Crippen LogP contribution in [0, 0.1) is 0 Å². The molecule has 3 heteroatoms. The molecule has 1 unspecified atom stereocenters. The Bertz CT molecular complexity index is 168. The zero-order valence-electron chi connectivity index (χ0n) is 9.51. The molecule has 0 aliphatic heterocycles. The van der Waals surface area contributed by atoms with Crippen molar-refractivity contribution in [1.29, 1.82) is 0 Å². The highest BCUT2D eigenvalue weighted by atomic mass is 16.7. The van der Waals surface area contributed by atoms with Gasteiger partial charge in [-0.3, -0.25) is 4.79 Å². The van der Waals surface area contributed by atoms with Gasteiger partial charge in [-0.15, -0.1) is 0 Å². The van der Waals surface area contributed by atoms with E-state index in [1.165, 1.54) is 13.3 Å². The van der Waals surface area contributed by atoms with Gasteiger partial charge in [0.2, 0.25) is 5.79 Å². The highest BCUT2D eigenvalue weighted by Crippen LogP contribution is 2.20. The molecule has 0 bridgehead atoms. The molecule has 0 saturated carbocycles. The van der Waals surface area contributed by atoms with E-state index in [0.29, 0.717) is 12.8 Å². The number of rotatable bonds is 7. The van der Waals surface area contributed by atoms with Crippen molar-refractivity contribution in [2.75, 3.05) is 0 Å². The van der Waals surface area contributed by atoms with Crippen molar-refractivity contribution in [1.82, 2.24) is 0 Å². The second kappa shape index (κ2) is 6.82. The average Bonchev–Trinajstić information content (AvgIpc) is 2.11. The lowest BCUT2D eigenvalue weighted by Gasteiger charge is -2.25. The molecule has 0 aliphatic rings. The second-order valence-corrected chi connectivity index (χ2v) is 3.70. The van der Waals surface area contributed by atoms with Crippen molar-refractivity contribution < 1.29 is 14.6 Å². The van der Waals surface area contributed by atoms with E-state index in [0.717, 1.165) is 19.3 Å². The second-order valence-electron chi connectivity index (χ2n) is 3.70. The third kappa shape index (κ3) is 5.97. The SMILES string of the molecule is CCCCCCC(O)(CC)OC(C)=O. The van der Waals surface area contributed by atoms with E-state index >= 15 is 0 Å². The topological polar surface area (TPSA) is 46.5 Å². The summed E-state index contributed by atoms with van der Waals surface area (Å²) >= 11 is 0. The number of hydrogen-bond acceptors (Lipinski definition) is 3. The van der Waals surface area contributed by atoms with Crippen LogP contribution in [0.5, 0.6) is 0 Å². The van der Waals surface area contributed by atoms with Crippen LogP contribution in [0.1, 0.15) is 59.3 Å². The lowest BCUT2D eigenvalue weighted by atomic mass is 10.0. The smallest absolute Gasteiger partial charge is 0.305 e. The first-order valence-corrected chi connectivity index (χ1v) is 5.46. The molecule has 0 fully saturated rings. The first-order valence-electron chi connectivity index (χ1n) is 5.46. The molecule has 14 heavy (non-hydrogen) atoms. The van der Waals surface area contributed by atoms with Crippen molar-refractivity contribution in [2.45, 2.75) is 65.1 Å². The van der Waals surface area contributed by atoms with Gasteiger partial charge in [-0.05, 0) is 6.42 Å². The summed E-state index contributed by atoms with van der Waals surface area (Å²) in [6, 6.07) is 0. The van der Waals surface area contributed by atoms with Crippen LogP contribution < -0.4 is 0 Å². The van der Waals surface area contributed by atoms with Crippen LogP contribution in [0.4, 0.5) is 0 Å². The van der Waals surface area contributed by atoms with E-state index in [-0.39, 0.29) is 0 Å². The maximum absolute atomic E-state index is 10.7. The Kier molecular flexibility index (Phi) is 6.54. The monoisotopic (exact) mass is 202 g/mol. The molecular weight excluding hydrogens is 180 g/mol. The van der Waals surface area contributed by atoms with Gasteiger partial charge >= 0.3 is 5.97 Å². The van der Waals surface area contributed by atoms with Crippen molar-refractivity contribution in [3.63, 3.8) is 0 Å². The van der Waals surface area contributed by atoms with Crippen LogP contribution in [-0.2, 0) is 9.53 Å². The Morgan fingerprint density at radius 2 is 1.93 bits per heavy atom. The molecule has 0 aliphatic carbocycles. The van der Waals surface area contributed by atoms with Gasteiger partial charge < -0.3 is 9.84 Å². The summed E-state index contributed by atoms with van der Waals surface area (Å²) < 4.78 is 4.88. The minimum absolute atomic E-state index is 0.412. The number of hydrogen-bond donors (Lipinski definition) is 1. The van der Waals surface area contributed by atoms with E-state index in [9.17, 15) is 9.90 Å². The van der Waals surface area contributed by atoms with E-state index in [1.54, 1.807) is 0 Å². The summed E-state index contributed by atoms with van der Waals surface area (Å²) in [7, 11) is 0. The fourth-order valence-electron chi connectivity index (χ4n) is 1.40. The molecule has 0 aromatic carbocycles. The molecule has 0 radical (unpaired) electrons. The highest BCUT2D eigenvalue weighted by Gasteiger charge is 2.27. The maximum Gasteiger partial charge on any atom is 0.305 e. The average molecular weight is 202 g/mol. The summed E-state index contributed by atoms with van der Waals surface area (Å²) in [5, 5.41) is 9.85. The standard InChI is InChI=1S/C11H22O3/c1-4-6-7-8-9-11(13,5-2)14-10(3)12/h13H,4-9H2,1-3H3.